The number of fused-ring (bicyclic) bond motifs is 1. The zero-order chi connectivity index (χ0) is 17.5. The summed E-state index contributed by atoms with van der Waals surface area (Å²) in [5.41, 5.74) is 0.599. The van der Waals surface area contributed by atoms with E-state index in [4.69, 9.17) is 4.74 Å². The predicted octanol–water partition coefficient (Wildman–Crippen LogP) is 3.82. The van der Waals surface area contributed by atoms with E-state index >= 15 is 0 Å². The van der Waals surface area contributed by atoms with Gasteiger partial charge in [0, 0.05) is 6.20 Å². The highest BCUT2D eigenvalue weighted by molar-refractivity contribution is 5.72. The molecule has 0 aromatic carbocycles. The number of hydrogen-bond donors (Lipinski definition) is 0. The first-order valence-electron chi connectivity index (χ1n) is 7.01. The van der Waals surface area contributed by atoms with Crippen LogP contribution in [0.5, 0.6) is 5.88 Å². The number of alkyl halides is 3. The third-order valence-corrected chi connectivity index (χ3v) is 3.53. The number of azo groups is 1. The second-order valence-corrected chi connectivity index (χ2v) is 5.23. The topological polar surface area (TPSA) is 53.3 Å². The molecule has 3 rings (SSSR count). The Morgan fingerprint density at radius 3 is 2.79 bits per heavy atom. The third kappa shape index (κ3) is 2.79. The van der Waals surface area contributed by atoms with E-state index in [2.05, 4.69) is 15.2 Å². The first-order valence-corrected chi connectivity index (χ1v) is 7.01. The highest BCUT2D eigenvalue weighted by atomic mass is 19.4. The quantitative estimate of drug-likeness (QED) is 0.618. The summed E-state index contributed by atoms with van der Waals surface area (Å²) in [7, 11) is 0. The molecule has 0 saturated carbocycles. The van der Waals surface area contributed by atoms with Crippen LogP contribution in [-0.4, -0.2) is 34.2 Å². The lowest BCUT2D eigenvalue weighted by atomic mass is 10.1. The van der Waals surface area contributed by atoms with Crippen LogP contribution in [0.4, 0.5) is 17.7 Å². The van der Waals surface area contributed by atoms with Crippen molar-refractivity contribution in [2.24, 2.45) is 10.2 Å². The Morgan fingerprint density at radius 2 is 2.08 bits per heavy atom. The van der Waals surface area contributed by atoms with E-state index in [-0.39, 0.29) is 23.8 Å². The van der Waals surface area contributed by atoms with Gasteiger partial charge in [-0.3, -0.25) is 0 Å². The van der Waals surface area contributed by atoms with Gasteiger partial charge in [0.2, 0.25) is 5.88 Å². The molecule has 2 aliphatic heterocycles. The molecule has 10 heteroatoms. The SMILES string of the molecule is CC1=C(c2cccnc2O[C@@H](C)C(F)(F)F)N(F)N2CN=NC2=C1. The molecule has 0 amide bonds. The van der Waals surface area contributed by atoms with Crippen molar-refractivity contribution >= 4 is 5.70 Å². The molecule has 3 heterocycles. The van der Waals surface area contributed by atoms with E-state index in [0.717, 1.165) is 11.9 Å². The first-order chi connectivity index (χ1) is 11.3. The van der Waals surface area contributed by atoms with Gasteiger partial charge in [0.05, 0.1) is 5.56 Å². The molecule has 0 radical (unpaired) electrons. The summed E-state index contributed by atoms with van der Waals surface area (Å²) in [6.45, 7) is 2.46. The van der Waals surface area contributed by atoms with Gasteiger partial charge in [-0.15, -0.1) is 10.3 Å². The third-order valence-electron chi connectivity index (χ3n) is 3.53. The maximum Gasteiger partial charge on any atom is 0.425 e. The predicted molar refractivity (Wildman–Crippen MR) is 75.6 cm³/mol. The molecule has 0 unspecified atom stereocenters. The van der Waals surface area contributed by atoms with Crippen molar-refractivity contribution in [3.63, 3.8) is 0 Å². The zero-order valence-electron chi connectivity index (χ0n) is 12.8. The molecule has 128 valence electrons. The van der Waals surface area contributed by atoms with Gasteiger partial charge in [-0.25, -0.2) is 9.99 Å². The van der Waals surface area contributed by atoms with E-state index in [1.807, 2.05) is 0 Å². The summed E-state index contributed by atoms with van der Waals surface area (Å²) in [5, 5.41) is 8.96. The van der Waals surface area contributed by atoms with Crippen molar-refractivity contribution in [1.82, 2.24) is 15.2 Å². The Balaban J connectivity index is 2.01. The van der Waals surface area contributed by atoms with Crippen LogP contribution < -0.4 is 4.74 Å². The van der Waals surface area contributed by atoms with Crippen molar-refractivity contribution in [3.8, 4) is 5.88 Å². The number of nitrogens with zero attached hydrogens (tertiary/aromatic N) is 5. The van der Waals surface area contributed by atoms with Gasteiger partial charge >= 0.3 is 6.18 Å². The van der Waals surface area contributed by atoms with Gasteiger partial charge < -0.3 is 4.74 Å². The number of halogens is 4. The number of ether oxygens (including phenoxy) is 1. The molecule has 6 nitrogen and oxygen atoms in total. The molecule has 0 fully saturated rings. The van der Waals surface area contributed by atoms with E-state index in [1.165, 1.54) is 18.3 Å². The summed E-state index contributed by atoms with van der Waals surface area (Å²) in [4.78, 5) is 3.83. The van der Waals surface area contributed by atoms with E-state index in [1.54, 1.807) is 13.0 Å². The minimum Gasteiger partial charge on any atom is -0.464 e. The van der Waals surface area contributed by atoms with Gasteiger partial charge in [-0.2, -0.15) is 18.3 Å². The average molecular weight is 343 g/mol. The van der Waals surface area contributed by atoms with Gasteiger partial charge in [-0.1, -0.05) is 4.48 Å². The maximum atomic E-state index is 14.7. The number of pyridine rings is 1. The molecule has 2 aliphatic rings. The second kappa shape index (κ2) is 5.77. The zero-order valence-corrected chi connectivity index (χ0v) is 12.8. The Labute approximate surface area is 134 Å². The normalized spacial score (nSPS) is 18.7. The number of rotatable bonds is 3. The Hall–Kier alpha value is -2.65. The van der Waals surface area contributed by atoms with Gasteiger partial charge in [0.25, 0.3) is 0 Å². The molecule has 0 saturated heterocycles. The van der Waals surface area contributed by atoms with E-state index < -0.39 is 12.3 Å². The van der Waals surface area contributed by atoms with Gasteiger partial charge in [-0.05, 0) is 37.6 Å². The van der Waals surface area contributed by atoms with E-state index in [9.17, 15) is 17.7 Å². The van der Waals surface area contributed by atoms with Crippen LogP contribution >= 0.6 is 0 Å². The second-order valence-electron chi connectivity index (χ2n) is 5.23. The molecule has 0 aliphatic carbocycles. The van der Waals surface area contributed by atoms with Crippen molar-refractivity contribution in [3.05, 3.63) is 41.4 Å². The monoisotopic (exact) mass is 343 g/mol. The molecule has 24 heavy (non-hydrogen) atoms. The maximum absolute atomic E-state index is 14.7. The van der Waals surface area contributed by atoms with Crippen LogP contribution in [0.1, 0.15) is 19.4 Å². The smallest absolute Gasteiger partial charge is 0.425 e. The van der Waals surface area contributed by atoms with Crippen LogP contribution in [0, 0.1) is 0 Å². The average Bonchev–Trinajstić information content (AvgIpc) is 2.96. The summed E-state index contributed by atoms with van der Waals surface area (Å²) in [6, 6.07) is 2.94. The van der Waals surface area contributed by atoms with Crippen molar-refractivity contribution in [2.45, 2.75) is 26.1 Å². The lowest BCUT2D eigenvalue weighted by Crippen LogP contribution is -2.36. The van der Waals surface area contributed by atoms with Crippen LogP contribution in [0.2, 0.25) is 0 Å². The molecule has 1 atom stereocenters. The van der Waals surface area contributed by atoms with E-state index in [0.29, 0.717) is 16.6 Å². The molecule has 0 spiro atoms. The van der Waals surface area contributed by atoms with Crippen molar-refractivity contribution in [2.75, 3.05) is 6.67 Å². The Kier molecular flexibility index (Phi) is 3.90. The number of hydrazine groups is 1. The standard InChI is InChI=1S/C14H13F4N5O/c1-8-6-11-21-20-7-22(11)23(18)12(8)10-4-3-5-19-13(10)24-9(2)14(15,16)17/h3-6,9H,7H2,1-2H3/t9-/m0/s1. The van der Waals surface area contributed by atoms with Crippen molar-refractivity contribution in [1.29, 1.82) is 0 Å². The lowest BCUT2D eigenvalue weighted by molar-refractivity contribution is -0.190. The number of aromatic nitrogens is 1. The van der Waals surface area contributed by atoms with Crippen LogP contribution in [-0.2, 0) is 0 Å². The first kappa shape index (κ1) is 16.2. The van der Waals surface area contributed by atoms with Gasteiger partial charge in [0.15, 0.2) is 18.6 Å². The molecular weight excluding hydrogens is 330 g/mol. The van der Waals surface area contributed by atoms with Gasteiger partial charge in [0.1, 0.15) is 5.70 Å². The lowest BCUT2D eigenvalue weighted by Gasteiger charge is -2.31. The highest BCUT2D eigenvalue weighted by Gasteiger charge is 2.39. The Bertz CT molecular complexity index is 743. The van der Waals surface area contributed by atoms with Crippen LogP contribution in [0.3, 0.4) is 0 Å². The molecule has 0 bridgehead atoms. The fourth-order valence-electron chi connectivity index (χ4n) is 2.28. The number of allylic oxidation sites excluding steroid dienone is 2. The fourth-order valence-corrected chi connectivity index (χ4v) is 2.28. The largest absolute Gasteiger partial charge is 0.464 e. The number of hydrogen-bond acceptors (Lipinski definition) is 6. The minimum atomic E-state index is -4.56. The summed E-state index contributed by atoms with van der Waals surface area (Å²) >= 11 is 0. The molecule has 1 aromatic rings. The Morgan fingerprint density at radius 1 is 1.33 bits per heavy atom. The summed E-state index contributed by atoms with van der Waals surface area (Å²) < 4.78 is 57.9. The molecule has 0 N–H and O–H groups in total. The molecule has 1 aromatic heterocycles. The van der Waals surface area contributed by atoms with Crippen molar-refractivity contribution < 1.29 is 22.4 Å². The minimum absolute atomic E-state index is 0.0193. The van der Waals surface area contributed by atoms with Crippen LogP contribution in [0.25, 0.3) is 5.70 Å². The fraction of sp³-hybridized carbons (Fsp3) is 0.357. The van der Waals surface area contributed by atoms with Crippen LogP contribution in [0.15, 0.2) is 46.0 Å². The molecular formula is C14H13F4N5O. The summed E-state index contributed by atoms with van der Waals surface area (Å²) in [5.74, 6) is 0.0121. The highest BCUT2D eigenvalue weighted by Crippen LogP contribution is 2.38. The summed E-state index contributed by atoms with van der Waals surface area (Å²) in [6.07, 6.45) is -3.76.